The number of aryl methyl sites for hydroxylation is 1. The van der Waals surface area contributed by atoms with E-state index in [1.165, 1.54) is 0 Å². The van der Waals surface area contributed by atoms with Crippen LogP contribution in [0.4, 0.5) is 5.69 Å². The van der Waals surface area contributed by atoms with Crippen molar-refractivity contribution in [1.82, 2.24) is 14.7 Å². The summed E-state index contributed by atoms with van der Waals surface area (Å²) < 4.78 is 7.95. The Labute approximate surface area is 198 Å². The molecule has 2 aromatic carbocycles. The predicted molar refractivity (Wildman–Crippen MR) is 132 cm³/mol. The number of pyridine rings is 1. The number of fused-ring (bicyclic) bond motifs is 1. The molecule has 0 bridgehead atoms. The fourth-order valence-corrected chi connectivity index (χ4v) is 3.67. The number of hydrogen-bond acceptors (Lipinski definition) is 4. The molecule has 2 heterocycles. The molecule has 34 heavy (non-hydrogen) atoms. The van der Waals surface area contributed by atoms with Crippen molar-refractivity contribution >= 4 is 23.1 Å². The third-order valence-electron chi connectivity index (χ3n) is 5.60. The largest absolute Gasteiger partial charge is 0.486 e. The summed E-state index contributed by atoms with van der Waals surface area (Å²) in [5, 5.41) is 5.85. The van der Waals surface area contributed by atoms with E-state index in [1.807, 2.05) is 79.2 Å². The number of para-hydroxylation sites is 1. The van der Waals surface area contributed by atoms with E-state index in [9.17, 15) is 9.59 Å². The number of hydrogen-bond donors (Lipinski definition) is 2. The van der Waals surface area contributed by atoms with E-state index < -0.39 is 0 Å². The van der Waals surface area contributed by atoms with Crippen molar-refractivity contribution in [1.29, 1.82) is 0 Å². The van der Waals surface area contributed by atoms with E-state index in [0.717, 1.165) is 28.2 Å². The molecule has 2 aromatic heterocycles. The first-order chi connectivity index (χ1) is 16.4. The Morgan fingerprint density at radius 3 is 2.56 bits per heavy atom. The highest BCUT2D eigenvalue weighted by Crippen LogP contribution is 2.22. The van der Waals surface area contributed by atoms with Gasteiger partial charge >= 0.3 is 0 Å². The SMILES string of the molecule is CCC(=O)Nc1ccc(C(C)NC(=O)c2ccccc2OCc2cn3cccc(C)c3n2)cc1. The fourth-order valence-electron chi connectivity index (χ4n) is 3.67. The third kappa shape index (κ3) is 5.26. The number of benzene rings is 2. The molecule has 2 N–H and O–H groups in total. The summed E-state index contributed by atoms with van der Waals surface area (Å²) >= 11 is 0. The summed E-state index contributed by atoms with van der Waals surface area (Å²) in [6, 6.07) is 18.4. The van der Waals surface area contributed by atoms with E-state index in [2.05, 4.69) is 15.6 Å². The Morgan fingerprint density at radius 1 is 1.06 bits per heavy atom. The van der Waals surface area contributed by atoms with Crippen molar-refractivity contribution < 1.29 is 14.3 Å². The molecule has 7 heteroatoms. The second-order valence-corrected chi connectivity index (χ2v) is 8.16. The lowest BCUT2D eigenvalue weighted by Crippen LogP contribution is -2.27. The van der Waals surface area contributed by atoms with Crippen molar-refractivity contribution in [3.8, 4) is 5.75 Å². The number of nitrogens with one attached hydrogen (secondary N) is 2. The van der Waals surface area contributed by atoms with Gasteiger partial charge in [0.1, 0.15) is 18.0 Å². The molecule has 4 rings (SSSR count). The van der Waals surface area contributed by atoms with Crippen LogP contribution in [0.3, 0.4) is 0 Å². The zero-order valence-electron chi connectivity index (χ0n) is 19.5. The number of amides is 2. The Kier molecular flexibility index (Phi) is 6.92. The van der Waals surface area contributed by atoms with Gasteiger partial charge in [-0.3, -0.25) is 9.59 Å². The van der Waals surface area contributed by atoms with Crippen LogP contribution < -0.4 is 15.4 Å². The molecule has 174 valence electrons. The van der Waals surface area contributed by atoms with Crippen LogP contribution in [0.2, 0.25) is 0 Å². The van der Waals surface area contributed by atoms with Gasteiger partial charge in [-0.2, -0.15) is 0 Å². The molecule has 2 amide bonds. The number of carbonyl (C=O) groups is 2. The molecule has 0 fully saturated rings. The second-order valence-electron chi connectivity index (χ2n) is 8.16. The maximum atomic E-state index is 13.0. The average Bonchev–Trinajstić information content (AvgIpc) is 3.28. The highest BCUT2D eigenvalue weighted by Gasteiger charge is 2.16. The molecule has 0 saturated heterocycles. The van der Waals surface area contributed by atoms with E-state index in [1.54, 1.807) is 19.1 Å². The van der Waals surface area contributed by atoms with E-state index in [-0.39, 0.29) is 24.5 Å². The lowest BCUT2D eigenvalue weighted by atomic mass is 10.1. The van der Waals surface area contributed by atoms with Crippen LogP contribution in [0.25, 0.3) is 5.65 Å². The van der Waals surface area contributed by atoms with Gasteiger partial charge in [0.05, 0.1) is 17.3 Å². The van der Waals surface area contributed by atoms with Crippen LogP contribution in [0.1, 0.15) is 53.5 Å². The molecule has 0 aliphatic rings. The molecule has 0 spiro atoms. The summed E-state index contributed by atoms with van der Waals surface area (Å²) in [5.41, 5.74) is 4.88. The van der Waals surface area contributed by atoms with Gasteiger partial charge in [-0.15, -0.1) is 0 Å². The minimum Gasteiger partial charge on any atom is -0.486 e. The maximum absolute atomic E-state index is 13.0. The first-order valence-corrected chi connectivity index (χ1v) is 11.3. The number of imidazole rings is 1. The molecule has 7 nitrogen and oxygen atoms in total. The number of aromatic nitrogens is 2. The molecular formula is C27H28N4O3. The van der Waals surface area contributed by atoms with Crippen LogP contribution in [0.5, 0.6) is 5.75 Å². The zero-order chi connectivity index (χ0) is 24.1. The molecule has 0 radical (unpaired) electrons. The summed E-state index contributed by atoms with van der Waals surface area (Å²) in [4.78, 5) is 29.2. The van der Waals surface area contributed by atoms with Crippen molar-refractivity contribution in [2.24, 2.45) is 0 Å². The molecule has 1 atom stereocenters. The Balaban J connectivity index is 1.42. The molecule has 4 aromatic rings. The van der Waals surface area contributed by atoms with Gasteiger partial charge < -0.3 is 19.8 Å². The first-order valence-electron chi connectivity index (χ1n) is 11.3. The summed E-state index contributed by atoms with van der Waals surface area (Å²) in [7, 11) is 0. The predicted octanol–water partition coefficient (Wildman–Crippen LogP) is 5.06. The van der Waals surface area contributed by atoms with Gasteiger partial charge in [0.25, 0.3) is 5.91 Å². The van der Waals surface area contributed by atoms with Crippen LogP contribution >= 0.6 is 0 Å². The van der Waals surface area contributed by atoms with Gasteiger partial charge in [0.2, 0.25) is 5.91 Å². The molecule has 0 saturated carbocycles. The lowest BCUT2D eigenvalue weighted by Gasteiger charge is -2.17. The van der Waals surface area contributed by atoms with Crippen molar-refractivity contribution in [3.63, 3.8) is 0 Å². The average molecular weight is 457 g/mol. The third-order valence-corrected chi connectivity index (χ3v) is 5.60. The molecular weight excluding hydrogens is 428 g/mol. The van der Waals surface area contributed by atoms with E-state index in [0.29, 0.717) is 17.7 Å². The number of anilines is 1. The van der Waals surface area contributed by atoms with Gasteiger partial charge in [-0.1, -0.05) is 37.3 Å². The summed E-state index contributed by atoms with van der Waals surface area (Å²) in [6.07, 6.45) is 4.30. The van der Waals surface area contributed by atoms with Crippen LogP contribution in [-0.2, 0) is 11.4 Å². The van der Waals surface area contributed by atoms with Gasteiger partial charge in [-0.05, 0) is 55.3 Å². The van der Waals surface area contributed by atoms with Crippen molar-refractivity contribution in [3.05, 3.63) is 95.4 Å². The molecule has 1 unspecified atom stereocenters. The van der Waals surface area contributed by atoms with Crippen LogP contribution in [0, 0.1) is 6.92 Å². The standard InChI is InChI=1S/C27H28N4O3/c1-4-25(32)29-21-13-11-20(12-14-21)19(3)28-27(33)23-9-5-6-10-24(23)34-17-22-16-31-15-7-8-18(2)26(31)30-22/h5-16,19H,4,17H2,1-3H3,(H,28,33)(H,29,32). The Morgan fingerprint density at radius 2 is 1.82 bits per heavy atom. The Hall–Kier alpha value is -4.13. The number of nitrogens with zero attached hydrogens (tertiary/aromatic N) is 2. The van der Waals surface area contributed by atoms with E-state index in [4.69, 9.17) is 4.74 Å². The summed E-state index contributed by atoms with van der Waals surface area (Å²) in [5.74, 6) is 0.236. The highest BCUT2D eigenvalue weighted by molar-refractivity contribution is 5.97. The minimum absolute atomic E-state index is 0.0375. The lowest BCUT2D eigenvalue weighted by molar-refractivity contribution is -0.115. The zero-order valence-corrected chi connectivity index (χ0v) is 19.5. The van der Waals surface area contributed by atoms with Crippen LogP contribution in [0.15, 0.2) is 73.1 Å². The topological polar surface area (TPSA) is 84.7 Å². The number of rotatable bonds is 8. The number of ether oxygens (including phenoxy) is 1. The second kappa shape index (κ2) is 10.2. The first kappa shape index (κ1) is 23.0. The molecule has 0 aliphatic carbocycles. The van der Waals surface area contributed by atoms with Crippen molar-refractivity contribution in [2.75, 3.05) is 5.32 Å². The maximum Gasteiger partial charge on any atom is 0.255 e. The van der Waals surface area contributed by atoms with Gasteiger partial charge in [0.15, 0.2) is 0 Å². The molecule has 0 aliphatic heterocycles. The minimum atomic E-state index is -0.225. The summed E-state index contributed by atoms with van der Waals surface area (Å²) in [6.45, 7) is 6.00. The van der Waals surface area contributed by atoms with Crippen molar-refractivity contribution in [2.45, 2.75) is 39.8 Å². The van der Waals surface area contributed by atoms with Gasteiger partial charge in [-0.25, -0.2) is 4.98 Å². The quantitative estimate of drug-likeness (QED) is 0.388. The van der Waals surface area contributed by atoms with Crippen LogP contribution in [-0.4, -0.2) is 21.2 Å². The highest BCUT2D eigenvalue weighted by atomic mass is 16.5. The smallest absolute Gasteiger partial charge is 0.255 e. The number of carbonyl (C=O) groups excluding carboxylic acids is 2. The Bertz CT molecular complexity index is 1310. The van der Waals surface area contributed by atoms with Gasteiger partial charge in [0, 0.05) is 24.5 Å². The normalized spacial score (nSPS) is 11.7. The fraction of sp³-hybridized carbons (Fsp3) is 0.222. The van der Waals surface area contributed by atoms with E-state index >= 15 is 0 Å². The monoisotopic (exact) mass is 456 g/mol.